The van der Waals surface area contributed by atoms with Gasteiger partial charge in [-0.25, -0.2) is 0 Å². The van der Waals surface area contributed by atoms with Crippen LogP contribution in [0, 0.1) is 5.92 Å². The molecule has 0 radical (unpaired) electrons. The van der Waals surface area contributed by atoms with Crippen LogP contribution in [0.4, 0.5) is 0 Å². The molecule has 0 aliphatic rings. The summed E-state index contributed by atoms with van der Waals surface area (Å²) in [4.78, 5) is 25.0. The highest BCUT2D eigenvalue weighted by Gasteiger charge is 2.28. The zero-order valence-corrected chi connectivity index (χ0v) is 14.5. The van der Waals surface area contributed by atoms with Crippen LogP contribution >= 0.6 is 11.3 Å². The lowest BCUT2D eigenvalue weighted by molar-refractivity contribution is -0.125. The van der Waals surface area contributed by atoms with Crippen LogP contribution in [-0.2, 0) is 4.79 Å². The van der Waals surface area contributed by atoms with Gasteiger partial charge in [0.05, 0.1) is 10.5 Å². The summed E-state index contributed by atoms with van der Waals surface area (Å²) < 4.78 is 0. The quantitative estimate of drug-likeness (QED) is 0.685. The monoisotopic (exact) mass is 326 g/mol. The number of nitrogens with one attached hydrogen (secondary N) is 2. The molecule has 3 N–H and O–H groups in total. The van der Waals surface area contributed by atoms with E-state index < -0.39 is 11.6 Å². The van der Waals surface area contributed by atoms with Crippen LogP contribution in [0.3, 0.4) is 0 Å². The predicted molar refractivity (Wildman–Crippen MR) is 89.0 cm³/mol. The zero-order chi connectivity index (χ0) is 16.8. The Morgan fingerprint density at radius 2 is 1.95 bits per heavy atom. The Balaban J connectivity index is 2.66. The molecule has 22 heavy (non-hydrogen) atoms. The van der Waals surface area contributed by atoms with E-state index in [0.29, 0.717) is 17.7 Å². The molecule has 0 saturated heterocycles. The zero-order valence-electron chi connectivity index (χ0n) is 13.7. The first kappa shape index (κ1) is 18.6. The molecule has 0 aromatic carbocycles. The molecule has 5 nitrogen and oxygen atoms in total. The molecule has 0 aliphatic heterocycles. The molecule has 0 aliphatic carbocycles. The van der Waals surface area contributed by atoms with Crippen LogP contribution in [0.15, 0.2) is 17.5 Å². The summed E-state index contributed by atoms with van der Waals surface area (Å²) in [6.07, 6.45) is 1.13. The van der Waals surface area contributed by atoms with Gasteiger partial charge in [-0.15, -0.1) is 11.3 Å². The Morgan fingerprint density at radius 3 is 2.41 bits per heavy atom. The molecular formula is C16H26N2O3S. The number of hydrogen-bond acceptors (Lipinski definition) is 4. The molecule has 1 atom stereocenters. The Hall–Kier alpha value is -1.40. The number of rotatable bonds is 8. The van der Waals surface area contributed by atoms with Crippen LogP contribution in [0.25, 0.3) is 0 Å². The second-order valence-corrected chi connectivity index (χ2v) is 6.77. The van der Waals surface area contributed by atoms with E-state index in [1.807, 2.05) is 33.1 Å². The molecule has 1 rings (SSSR count). The average Bonchev–Trinajstić information content (AvgIpc) is 3.03. The standard InChI is InChI=1S/C16H26N2O3S/c1-5-16(21,6-2)10-17-15(20)13(11(3)4)18-14(19)12-8-7-9-22-12/h7-9,11,13,21H,5-6,10H2,1-4H3,(H,17,20)(H,18,19). The highest BCUT2D eigenvalue weighted by Crippen LogP contribution is 2.14. The average molecular weight is 326 g/mol. The van der Waals surface area contributed by atoms with E-state index >= 15 is 0 Å². The van der Waals surface area contributed by atoms with Gasteiger partial charge in [0, 0.05) is 6.54 Å². The lowest BCUT2D eigenvalue weighted by Crippen LogP contribution is -2.52. The molecular weight excluding hydrogens is 300 g/mol. The van der Waals surface area contributed by atoms with Crippen molar-refractivity contribution in [2.75, 3.05) is 6.54 Å². The predicted octanol–water partition coefficient (Wildman–Crippen LogP) is 2.17. The van der Waals surface area contributed by atoms with Crippen molar-refractivity contribution in [1.82, 2.24) is 10.6 Å². The third-order valence-corrected chi connectivity index (χ3v) is 4.76. The third-order valence-electron chi connectivity index (χ3n) is 3.89. The van der Waals surface area contributed by atoms with Crippen LogP contribution in [0.5, 0.6) is 0 Å². The van der Waals surface area contributed by atoms with Gasteiger partial charge in [0.2, 0.25) is 5.91 Å². The van der Waals surface area contributed by atoms with Crippen molar-refractivity contribution in [3.05, 3.63) is 22.4 Å². The van der Waals surface area contributed by atoms with Gasteiger partial charge in [-0.05, 0) is 30.2 Å². The van der Waals surface area contributed by atoms with Crippen LogP contribution < -0.4 is 10.6 Å². The van der Waals surface area contributed by atoms with E-state index in [0.717, 1.165) is 0 Å². The fourth-order valence-electron chi connectivity index (χ4n) is 2.02. The van der Waals surface area contributed by atoms with E-state index in [-0.39, 0.29) is 24.3 Å². The van der Waals surface area contributed by atoms with Gasteiger partial charge in [-0.1, -0.05) is 33.8 Å². The van der Waals surface area contributed by atoms with E-state index in [1.54, 1.807) is 12.1 Å². The SMILES string of the molecule is CCC(O)(CC)CNC(=O)C(NC(=O)c1cccs1)C(C)C. The third kappa shape index (κ3) is 5.10. The van der Waals surface area contributed by atoms with Crippen LogP contribution in [-0.4, -0.2) is 35.1 Å². The molecule has 2 amide bonds. The summed E-state index contributed by atoms with van der Waals surface area (Å²) in [5.74, 6) is -0.550. The summed E-state index contributed by atoms with van der Waals surface area (Å²) in [5, 5.41) is 17.6. The normalized spacial score (nSPS) is 13.0. The van der Waals surface area contributed by atoms with Crippen molar-refractivity contribution in [2.24, 2.45) is 5.92 Å². The van der Waals surface area contributed by atoms with Gasteiger partial charge in [-0.3, -0.25) is 9.59 Å². The maximum absolute atomic E-state index is 12.3. The number of amides is 2. The van der Waals surface area contributed by atoms with E-state index in [4.69, 9.17) is 0 Å². The maximum atomic E-state index is 12.3. The molecule has 0 bridgehead atoms. The Labute approximate surface area is 136 Å². The minimum Gasteiger partial charge on any atom is -0.388 e. The van der Waals surface area contributed by atoms with E-state index in [9.17, 15) is 14.7 Å². The molecule has 0 saturated carbocycles. The summed E-state index contributed by atoms with van der Waals surface area (Å²) in [7, 11) is 0. The smallest absolute Gasteiger partial charge is 0.262 e. The second-order valence-electron chi connectivity index (χ2n) is 5.82. The first-order valence-electron chi connectivity index (χ1n) is 7.67. The molecule has 124 valence electrons. The lowest BCUT2D eigenvalue weighted by atomic mass is 9.97. The lowest BCUT2D eigenvalue weighted by Gasteiger charge is -2.28. The number of aliphatic hydroxyl groups is 1. The van der Waals surface area contributed by atoms with Gasteiger partial charge in [0.25, 0.3) is 5.91 Å². The fraction of sp³-hybridized carbons (Fsp3) is 0.625. The largest absolute Gasteiger partial charge is 0.388 e. The minimum absolute atomic E-state index is 0.0414. The number of carbonyl (C=O) groups is 2. The van der Waals surface area contributed by atoms with Crippen molar-refractivity contribution >= 4 is 23.2 Å². The van der Waals surface area contributed by atoms with E-state index in [2.05, 4.69) is 10.6 Å². The van der Waals surface area contributed by atoms with Crippen molar-refractivity contribution in [2.45, 2.75) is 52.2 Å². The van der Waals surface area contributed by atoms with E-state index in [1.165, 1.54) is 11.3 Å². The second kappa shape index (κ2) is 8.29. The Morgan fingerprint density at radius 1 is 1.32 bits per heavy atom. The number of carbonyl (C=O) groups excluding carboxylic acids is 2. The van der Waals surface area contributed by atoms with Gasteiger partial charge in [0.15, 0.2) is 0 Å². The van der Waals surface area contributed by atoms with Gasteiger partial charge >= 0.3 is 0 Å². The van der Waals surface area contributed by atoms with Gasteiger partial charge in [0.1, 0.15) is 6.04 Å². The number of thiophene rings is 1. The molecule has 1 unspecified atom stereocenters. The summed E-state index contributed by atoms with van der Waals surface area (Å²) in [6.45, 7) is 7.72. The van der Waals surface area contributed by atoms with Crippen LogP contribution in [0.1, 0.15) is 50.2 Å². The first-order valence-corrected chi connectivity index (χ1v) is 8.55. The summed E-state index contributed by atoms with van der Waals surface area (Å²) in [6, 6.07) is 2.90. The Kier molecular flexibility index (Phi) is 7.03. The Bertz CT molecular complexity index is 482. The van der Waals surface area contributed by atoms with Gasteiger partial charge in [-0.2, -0.15) is 0 Å². The highest BCUT2D eigenvalue weighted by molar-refractivity contribution is 7.12. The van der Waals surface area contributed by atoms with Crippen molar-refractivity contribution in [3.63, 3.8) is 0 Å². The molecule has 1 aromatic heterocycles. The van der Waals surface area contributed by atoms with Gasteiger partial charge < -0.3 is 15.7 Å². The van der Waals surface area contributed by atoms with Crippen molar-refractivity contribution < 1.29 is 14.7 Å². The number of hydrogen-bond donors (Lipinski definition) is 3. The maximum Gasteiger partial charge on any atom is 0.262 e. The molecule has 0 spiro atoms. The molecule has 6 heteroatoms. The fourth-order valence-corrected chi connectivity index (χ4v) is 2.64. The highest BCUT2D eigenvalue weighted by atomic mass is 32.1. The molecule has 1 heterocycles. The minimum atomic E-state index is -0.894. The van der Waals surface area contributed by atoms with Crippen molar-refractivity contribution in [1.29, 1.82) is 0 Å². The molecule has 0 fully saturated rings. The van der Waals surface area contributed by atoms with Crippen LogP contribution in [0.2, 0.25) is 0 Å². The summed E-state index contributed by atoms with van der Waals surface area (Å²) in [5.41, 5.74) is -0.894. The summed E-state index contributed by atoms with van der Waals surface area (Å²) >= 11 is 1.34. The topological polar surface area (TPSA) is 78.4 Å². The molecule has 1 aromatic rings. The first-order chi connectivity index (χ1) is 10.3. The van der Waals surface area contributed by atoms with Crippen molar-refractivity contribution in [3.8, 4) is 0 Å².